The molecule has 0 bridgehead atoms. The molecule has 0 saturated carbocycles. The van der Waals surface area contributed by atoms with Gasteiger partial charge in [-0.25, -0.2) is 4.79 Å². The van der Waals surface area contributed by atoms with Crippen LogP contribution in [-0.4, -0.2) is 101 Å². The molecule has 15 nitrogen and oxygen atoms in total. The van der Waals surface area contributed by atoms with Crippen LogP contribution in [0.25, 0.3) is 0 Å². The Kier molecular flexibility index (Phi) is 14.4. The van der Waals surface area contributed by atoms with Crippen molar-refractivity contribution in [1.29, 1.82) is 0 Å². The summed E-state index contributed by atoms with van der Waals surface area (Å²) >= 11 is 0. The first kappa shape index (κ1) is 43.5. The van der Waals surface area contributed by atoms with Crippen LogP contribution in [0, 0.1) is 5.41 Å². The molecule has 0 spiro atoms. The number of hydrazone groups is 1. The molecule has 0 fully saturated rings. The van der Waals surface area contributed by atoms with Gasteiger partial charge < -0.3 is 15.7 Å². The van der Waals surface area contributed by atoms with Gasteiger partial charge >= 0.3 is 5.97 Å². The average molecular weight is 805 g/mol. The van der Waals surface area contributed by atoms with E-state index in [2.05, 4.69) is 15.2 Å². The van der Waals surface area contributed by atoms with Gasteiger partial charge in [0.15, 0.2) is 5.71 Å². The normalized spacial score (nSPS) is 25.8. The molecular formula is C38H54N5O10S2+. The minimum atomic E-state index is -4.45. The van der Waals surface area contributed by atoms with Gasteiger partial charge in [0.1, 0.15) is 12.6 Å². The van der Waals surface area contributed by atoms with Crippen molar-refractivity contribution in [2.75, 3.05) is 25.4 Å². The molecule has 2 amide bonds. The van der Waals surface area contributed by atoms with Crippen LogP contribution in [0.4, 0.5) is 5.69 Å². The van der Waals surface area contributed by atoms with E-state index in [4.69, 9.17) is 5.10 Å². The third-order valence-corrected chi connectivity index (χ3v) is 12.2. The van der Waals surface area contributed by atoms with E-state index < -0.39 is 48.8 Å². The molecule has 3 aliphatic rings. The maximum Gasteiger partial charge on any atom is 0.326 e. The van der Waals surface area contributed by atoms with Crippen molar-refractivity contribution in [3.8, 4) is 0 Å². The third kappa shape index (κ3) is 11.4. The summed E-state index contributed by atoms with van der Waals surface area (Å²) in [5, 5.41) is 21.6. The van der Waals surface area contributed by atoms with Crippen LogP contribution in [0.5, 0.6) is 0 Å². The highest BCUT2D eigenvalue weighted by Gasteiger charge is 2.45. The third-order valence-electron chi connectivity index (χ3n) is 10.6. The number of benzene rings is 1. The Hall–Kier alpha value is -4.19. The molecule has 55 heavy (non-hydrogen) atoms. The number of carboxylic acid groups (broad SMARTS) is 1. The largest absolute Gasteiger partial charge is 0.480 e. The number of rotatable bonds is 6. The molecule has 3 heterocycles. The van der Waals surface area contributed by atoms with Crippen molar-refractivity contribution in [1.82, 2.24) is 15.6 Å². The van der Waals surface area contributed by atoms with Crippen LogP contribution >= 0.6 is 0 Å². The zero-order valence-corrected chi connectivity index (χ0v) is 33.6. The zero-order chi connectivity index (χ0) is 40.6. The van der Waals surface area contributed by atoms with E-state index in [0.29, 0.717) is 51.6 Å². The highest BCUT2D eigenvalue weighted by molar-refractivity contribution is 7.86. The maximum absolute atomic E-state index is 12.9. The Morgan fingerprint density at radius 3 is 2.42 bits per heavy atom. The summed E-state index contributed by atoms with van der Waals surface area (Å²) in [7, 11) is -8.62. The molecule has 0 aliphatic carbocycles. The van der Waals surface area contributed by atoms with Gasteiger partial charge in [-0.05, 0) is 90.8 Å². The number of nitrogens with zero attached hydrogens (tertiary/aromatic N) is 3. The number of hydrogen-bond donors (Lipinski definition) is 5. The van der Waals surface area contributed by atoms with Crippen molar-refractivity contribution in [2.45, 2.75) is 108 Å². The predicted octanol–water partition coefficient (Wildman–Crippen LogP) is 4.49. The molecule has 0 radical (unpaired) electrons. The van der Waals surface area contributed by atoms with E-state index in [1.54, 1.807) is 11.1 Å². The van der Waals surface area contributed by atoms with E-state index in [1.165, 1.54) is 12.1 Å². The Labute approximate surface area is 323 Å². The van der Waals surface area contributed by atoms with Gasteiger partial charge in [0.2, 0.25) is 17.5 Å². The van der Waals surface area contributed by atoms with Crippen molar-refractivity contribution in [2.24, 2.45) is 10.5 Å². The molecule has 1 aromatic carbocycles. The Bertz CT molecular complexity index is 2020. The quantitative estimate of drug-likeness (QED) is 0.199. The van der Waals surface area contributed by atoms with E-state index in [-0.39, 0.29) is 48.9 Å². The van der Waals surface area contributed by atoms with Gasteiger partial charge in [0, 0.05) is 66.9 Å². The molecule has 3 aliphatic heterocycles. The molecule has 1 aromatic rings. The molecule has 17 heteroatoms. The molecular weight excluding hydrogens is 751 g/mol. The fraction of sp³-hybridized carbons (Fsp3) is 0.553. The standard InChI is InChI=1S/C38H53N5O10S2/c1-27-38(4)21-20-34(44)39-22-11-10-14-30(36(46)47)40-35(45)17-9-6-12-23-42-31-19-18-28(55(51,52)53)26-29(31)37(2,3)32(42)15-7-5-8-16-33(38)43(41-27)24-13-25-54(48,49)50/h5,7-8,15-16,18-19,26,30H,6,9-14,17,20-25H2,1-4H3,(H4-,39,40,44,45,46,47,48,49,50,51,52,53)/p+1. The fourth-order valence-corrected chi connectivity index (χ4v) is 8.29. The van der Waals surface area contributed by atoms with Gasteiger partial charge in [-0.2, -0.15) is 26.5 Å². The van der Waals surface area contributed by atoms with Crippen LogP contribution in [0.15, 0.2) is 64.3 Å². The second-order valence-electron chi connectivity index (χ2n) is 15.0. The minimum absolute atomic E-state index is 0.128. The molecule has 4 rings (SSSR count). The maximum atomic E-state index is 12.9. The molecule has 0 aromatic heterocycles. The summed E-state index contributed by atoms with van der Waals surface area (Å²) in [6, 6.07) is 3.49. The first-order chi connectivity index (χ1) is 25.7. The fourth-order valence-electron chi connectivity index (χ4n) is 7.28. The van der Waals surface area contributed by atoms with Crippen LogP contribution < -0.4 is 10.6 Å². The summed E-state index contributed by atoms with van der Waals surface area (Å²) in [4.78, 5) is 37.3. The van der Waals surface area contributed by atoms with E-state index >= 15 is 0 Å². The van der Waals surface area contributed by atoms with Crippen molar-refractivity contribution in [3.63, 3.8) is 0 Å². The van der Waals surface area contributed by atoms with E-state index in [1.807, 2.05) is 58.1 Å². The van der Waals surface area contributed by atoms with Crippen molar-refractivity contribution in [3.05, 3.63) is 59.8 Å². The van der Waals surface area contributed by atoms with Gasteiger partial charge in [0.05, 0.1) is 16.1 Å². The van der Waals surface area contributed by atoms with Gasteiger partial charge in [0.25, 0.3) is 20.2 Å². The molecule has 302 valence electrons. The Morgan fingerprint density at radius 1 is 0.982 bits per heavy atom. The van der Waals surface area contributed by atoms with Crippen LogP contribution in [-0.2, 0) is 40.0 Å². The van der Waals surface area contributed by atoms with E-state index in [0.717, 1.165) is 28.4 Å². The lowest BCUT2D eigenvalue weighted by atomic mass is 9.78. The molecule has 2 unspecified atom stereocenters. The minimum Gasteiger partial charge on any atom is -0.480 e. The first-order valence-corrected chi connectivity index (χ1v) is 21.7. The predicted molar refractivity (Wildman–Crippen MR) is 209 cm³/mol. The number of nitrogens with one attached hydrogen (secondary N) is 2. The molecule has 2 atom stereocenters. The van der Waals surface area contributed by atoms with Crippen LogP contribution in [0.1, 0.15) is 97.5 Å². The lowest BCUT2D eigenvalue weighted by molar-refractivity contribution is -0.438. The second-order valence-corrected chi connectivity index (χ2v) is 18.0. The van der Waals surface area contributed by atoms with Gasteiger partial charge in [-0.3, -0.25) is 23.7 Å². The van der Waals surface area contributed by atoms with Gasteiger partial charge in [-0.15, -0.1) is 0 Å². The monoisotopic (exact) mass is 804 g/mol. The summed E-state index contributed by atoms with van der Waals surface area (Å²) in [6.45, 7) is 8.88. The first-order valence-electron chi connectivity index (χ1n) is 18.6. The summed E-state index contributed by atoms with van der Waals surface area (Å²) in [5.41, 5.74) is 2.55. The van der Waals surface area contributed by atoms with Crippen LogP contribution in [0.3, 0.4) is 0 Å². The summed E-state index contributed by atoms with van der Waals surface area (Å²) in [5.74, 6) is -2.08. The highest BCUT2D eigenvalue weighted by Crippen LogP contribution is 2.43. The second kappa shape index (κ2) is 18.2. The van der Waals surface area contributed by atoms with E-state index in [9.17, 15) is 45.4 Å². The summed E-state index contributed by atoms with van der Waals surface area (Å²) in [6.07, 6.45) is 13.3. The van der Waals surface area contributed by atoms with Crippen molar-refractivity contribution >= 4 is 55.1 Å². The zero-order valence-electron chi connectivity index (χ0n) is 32.0. The number of hydrogen-bond acceptors (Lipinski definition) is 9. The SMILES string of the molecule is CC1=NN(CCCS(=O)(=O)O)/C2=C/C=C/C=C/C3=[N+](CCCCCC(=O)NC(C(=O)O)CCCCNC(=O)CCC12C)c1ccc(S(=O)(=O)O)cc1C3(C)C. The lowest BCUT2D eigenvalue weighted by Crippen LogP contribution is -2.40. The highest BCUT2D eigenvalue weighted by atomic mass is 32.2. The van der Waals surface area contributed by atoms with Crippen molar-refractivity contribution < 1.29 is 50.0 Å². The topological polar surface area (TPSA) is 223 Å². The smallest absolute Gasteiger partial charge is 0.326 e. The number of carboxylic acids is 1. The lowest BCUT2D eigenvalue weighted by Gasteiger charge is -2.29. The molecule has 0 saturated heterocycles. The average Bonchev–Trinajstić information content (AvgIpc) is 3.45. The van der Waals surface area contributed by atoms with Crippen LogP contribution in [0.2, 0.25) is 0 Å². The Balaban J connectivity index is 1.68. The Morgan fingerprint density at radius 2 is 1.73 bits per heavy atom. The van der Waals surface area contributed by atoms with Gasteiger partial charge in [-0.1, -0.05) is 18.2 Å². The number of fused-ring (bicyclic) bond motifs is 3. The number of amides is 2. The molecule has 5 N–H and O–H groups in total. The summed E-state index contributed by atoms with van der Waals surface area (Å²) < 4.78 is 68.2. The number of carbonyl (C=O) groups excluding carboxylic acids is 2. The number of carbonyl (C=O) groups is 3. The number of aliphatic carboxylic acids is 1. The number of allylic oxidation sites excluding steroid dienone is 6.